The third kappa shape index (κ3) is 7.22. The molecule has 4 rings (SSSR count). The van der Waals surface area contributed by atoms with Crippen molar-refractivity contribution in [2.75, 3.05) is 13.1 Å². The normalized spacial score (nSPS) is 15.9. The fraction of sp³-hybridized carbons (Fsp3) is 0.276. The monoisotopic (exact) mass is 600 g/mol. The van der Waals surface area contributed by atoms with Crippen LogP contribution in [0.25, 0.3) is 0 Å². The standard InChI is InChI=1S/C29H29FN2O9S/c1-19(33)39-20(2)40-28(36)31-26(27(34)35)16-21-7-6-10-25(15-21)42(37,38)32-17-29(18-32,22-8-4-3-5-9-22)41-24-13-11-23(30)12-14-24/h3-15,20,26H,16-18H2,1-2H3,(H,31,36)(H,34,35)/t20-,26-/m0/s1. The van der Waals surface area contributed by atoms with Crippen LogP contribution in [0.5, 0.6) is 5.75 Å². The summed E-state index contributed by atoms with van der Waals surface area (Å²) in [5, 5.41) is 11.8. The molecule has 0 saturated carbocycles. The van der Waals surface area contributed by atoms with E-state index in [1.807, 2.05) is 30.3 Å². The smallest absolute Gasteiger partial charge is 0.410 e. The number of hydrogen-bond acceptors (Lipinski definition) is 8. The SMILES string of the molecule is CC(=O)O[C@H](C)OC(=O)N[C@@H](Cc1cccc(S(=O)(=O)N2CC(Oc3ccc(F)cc3)(c3ccccc3)C2)c1)C(=O)O. The van der Waals surface area contributed by atoms with Crippen LogP contribution in [-0.4, -0.2) is 61.3 Å². The highest BCUT2D eigenvalue weighted by molar-refractivity contribution is 7.89. The molecule has 2 N–H and O–H groups in total. The molecule has 0 bridgehead atoms. The Bertz CT molecular complexity index is 1540. The van der Waals surface area contributed by atoms with Crippen molar-refractivity contribution in [3.8, 4) is 5.75 Å². The molecule has 1 aliphatic rings. The Balaban J connectivity index is 1.49. The molecule has 1 aliphatic heterocycles. The molecule has 1 saturated heterocycles. The van der Waals surface area contributed by atoms with Gasteiger partial charge in [-0.1, -0.05) is 42.5 Å². The summed E-state index contributed by atoms with van der Waals surface area (Å²) in [6, 6.07) is 18.8. The molecule has 1 heterocycles. The predicted octanol–water partition coefficient (Wildman–Crippen LogP) is 3.44. The Morgan fingerprint density at radius 2 is 1.67 bits per heavy atom. The van der Waals surface area contributed by atoms with Crippen LogP contribution < -0.4 is 10.1 Å². The molecule has 0 aromatic heterocycles. The average Bonchev–Trinajstić information content (AvgIpc) is 2.91. The largest absolute Gasteiger partial charge is 0.480 e. The van der Waals surface area contributed by atoms with Gasteiger partial charge in [-0.2, -0.15) is 4.31 Å². The van der Waals surface area contributed by atoms with Crippen molar-refractivity contribution in [1.29, 1.82) is 0 Å². The number of rotatable bonds is 11. The van der Waals surface area contributed by atoms with Crippen LogP contribution >= 0.6 is 0 Å². The van der Waals surface area contributed by atoms with Gasteiger partial charge in [-0.25, -0.2) is 22.4 Å². The number of carbonyl (C=O) groups excluding carboxylic acids is 2. The van der Waals surface area contributed by atoms with Gasteiger partial charge in [-0.15, -0.1) is 0 Å². The summed E-state index contributed by atoms with van der Waals surface area (Å²) < 4.78 is 57.5. The Morgan fingerprint density at radius 1 is 1.00 bits per heavy atom. The summed E-state index contributed by atoms with van der Waals surface area (Å²) in [6.07, 6.45) is -2.62. The molecule has 2 atom stereocenters. The van der Waals surface area contributed by atoms with Gasteiger partial charge >= 0.3 is 18.0 Å². The van der Waals surface area contributed by atoms with Gasteiger partial charge in [0.25, 0.3) is 0 Å². The molecule has 3 aromatic rings. The van der Waals surface area contributed by atoms with E-state index in [0.717, 1.165) is 12.5 Å². The van der Waals surface area contributed by atoms with E-state index in [2.05, 4.69) is 10.1 Å². The lowest BCUT2D eigenvalue weighted by Gasteiger charge is -2.48. The number of ether oxygens (including phenoxy) is 3. The second-order valence-corrected chi connectivity index (χ2v) is 11.6. The zero-order chi connectivity index (χ0) is 30.5. The maximum atomic E-state index is 13.6. The minimum absolute atomic E-state index is 0.0212. The van der Waals surface area contributed by atoms with E-state index in [4.69, 9.17) is 9.47 Å². The Labute approximate surface area is 241 Å². The third-order valence-corrected chi connectivity index (χ3v) is 8.25. The second kappa shape index (κ2) is 12.6. The predicted molar refractivity (Wildman–Crippen MR) is 146 cm³/mol. The van der Waals surface area contributed by atoms with Gasteiger partial charge < -0.3 is 24.6 Å². The summed E-state index contributed by atoms with van der Waals surface area (Å²) in [5.74, 6) is -2.11. The van der Waals surface area contributed by atoms with Crippen molar-refractivity contribution >= 4 is 28.1 Å². The number of carboxylic acids is 1. The molecule has 42 heavy (non-hydrogen) atoms. The van der Waals surface area contributed by atoms with Crippen molar-refractivity contribution in [2.45, 2.75) is 43.1 Å². The Kier molecular flexibility index (Phi) is 9.12. The highest BCUT2D eigenvalue weighted by Gasteiger charge is 2.52. The number of esters is 1. The number of nitrogens with zero attached hydrogens (tertiary/aromatic N) is 1. The number of sulfonamides is 1. The van der Waals surface area contributed by atoms with Gasteiger partial charge in [-0.3, -0.25) is 4.79 Å². The molecule has 0 unspecified atom stereocenters. The molecule has 3 aromatic carbocycles. The topological polar surface area (TPSA) is 149 Å². The maximum Gasteiger partial charge on any atom is 0.410 e. The van der Waals surface area contributed by atoms with Crippen LogP contribution in [0.2, 0.25) is 0 Å². The van der Waals surface area contributed by atoms with E-state index in [1.165, 1.54) is 59.8 Å². The number of aliphatic carboxylic acids is 1. The summed E-state index contributed by atoms with van der Waals surface area (Å²) in [6.45, 7) is 2.37. The third-order valence-electron chi connectivity index (χ3n) is 6.46. The number of carboxylic acid groups (broad SMARTS) is 1. The first-order chi connectivity index (χ1) is 19.9. The van der Waals surface area contributed by atoms with Crippen LogP contribution in [0.15, 0.2) is 83.8 Å². The van der Waals surface area contributed by atoms with Crippen LogP contribution in [-0.2, 0) is 41.1 Å². The number of benzene rings is 3. The highest BCUT2D eigenvalue weighted by atomic mass is 32.2. The summed E-state index contributed by atoms with van der Waals surface area (Å²) in [4.78, 5) is 34.8. The fourth-order valence-corrected chi connectivity index (χ4v) is 6.08. The number of nitrogens with one attached hydrogen (secondary N) is 1. The van der Waals surface area contributed by atoms with Crippen LogP contribution in [0.1, 0.15) is 25.0 Å². The minimum atomic E-state index is -4.02. The van der Waals surface area contributed by atoms with Gasteiger partial charge in [0.1, 0.15) is 17.6 Å². The maximum absolute atomic E-state index is 13.6. The molecular weight excluding hydrogens is 571 g/mol. The minimum Gasteiger partial charge on any atom is -0.480 e. The Hall–Kier alpha value is -4.49. The molecule has 11 nitrogen and oxygen atoms in total. The first-order valence-corrected chi connectivity index (χ1v) is 14.3. The lowest BCUT2D eigenvalue weighted by atomic mass is 9.87. The summed E-state index contributed by atoms with van der Waals surface area (Å²) in [5.41, 5.74) is 0.0696. The molecular formula is C29H29FN2O9S. The van der Waals surface area contributed by atoms with Crippen molar-refractivity contribution in [3.05, 3.63) is 95.8 Å². The zero-order valence-corrected chi connectivity index (χ0v) is 23.5. The number of alkyl carbamates (subject to hydrolysis) is 1. The molecule has 0 aliphatic carbocycles. The molecule has 0 spiro atoms. The van der Waals surface area contributed by atoms with E-state index in [1.54, 1.807) is 0 Å². The van der Waals surface area contributed by atoms with E-state index in [0.29, 0.717) is 11.3 Å². The molecule has 222 valence electrons. The van der Waals surface area contributed by atoms with Gasteiger partial charge in [0.05, 0.1) is 18.0 Å². The van der Waals surface area contributed by atoms with E-state index in [9.17, 15) is 32.3 Å². The quantitative estimate of drug-likeness (QED) is 0.249. The van der Waals surface area contributed by atoms with Crippen LogP contribution in [0, 0.1) is 5.82 Å². The lowest BCUT2D eigenvalue weighted by Crippen LogP contribution is -2.64. The van der Waals surface area contributed by atoms with Crippen molar-refractivity contribution in [3.63, 3.8) is 0 Å². The van der Waals surface area contributed by atoms with Gasteiger partial charge in [-0.05, 0) is 47.5 Å². The van der Waals surface area contributed by atoms with Crippen molar-refractivity contribution in [2.24, 2.45) is 0 Å². The van der Waals surface area contributed by atoms with E-state index >= 15 is 0 Å². The van der Waals surface area contributed by atoms with E-state index in [-0.39, 0.29) is 24.4 Å². The van der Waals surface area contributed by atoms with Crippen molar-refractivity contribution < 1.29 is 46.5 Å². The summed E-state index contributed by atoms with van der Waals surface area (Å²) >= 11 is 0. The van der Waals surface area contributed by atoms with Crippen molar-refractivity contribution in [1.82, 2.24) is 9.62 Å². The molecule has 0 radical (unpaired) electrons. The van der Waals surface area contributed by atoms with Gasteiger partial charge in [0.15, 0.2) is 5.60 Å². The first-order valence-electron chi connectivity index (χ1n) is 12.8. The number of carbonyl (C=O) groups is 3. The van der Waals surface area contributed by atoms with Crippen LogP contribution in [0.3, 0.4) is 0 Å². The average molecular weight is 601 g/mol. The molecule has 1 fully saturated rings. The van der Waals surface area contributed by atoms with Crippen LogP contribution in [0.4, 0.5) is 9.18 Å². The first kappa shape index (κ1) is 30.5. The highest BCUT2D eigenvalue weighted by Crippen LogP contribution is 2.40. The number of halogens is 1. The Morgan fingerprint density at radius 3 is 2.29 bits per heavy atom. The molecule has 1 amide bonds. The molecule has 13 heteroatoms. The van der Waals surface area contributed by atoms with Gasteiger partial charge in [0, 0.05) is 20.3 Å². The summed E-state index contributed by atoms with van der Waals surface area (Å²) in [7, 11) is -4.02. The van der Waals surface area contributed by atoms with Gasteiger partial charge in [0.2, 0.25) is 16.3 Å². The second-order valence-electron chi connectivity index (χ2n) is 9.66. The number of hydrogen-bond donors (Lipinski definition) is 2. The lowest BCUT2D eigenvalue weighted by molar-refractivity contribution is -0.162. The zero-order valence-electron chi connectivity index (χ0n) is 22.7. The number of amides is 1. The fourth-order valence-electron chi connectivity index (χ4n) is 4.47. The van der Waals surface area contributed by atoms with E-state index < -0.39 is 51.8 Å².